The van der Waals surface area contributed by atoms with Crippen molar-refractivity contribution in [2.24, 2.45) is 11.8 Å². The standard InChI is InChI=1S/C16H24N6/c1-13-19-14(2)22(20-13)12-16-6-4-8-21(11-16)10-15(9-18)5-3-7-17/h15-16H,3-6,8,10-12H2,1-2H3/t15-,16-/m1/s1. The molecule has 0 spiro atoms. The summed E-state index contributed by atoms with van der Waals surface area (Å²) >= 11 is 0. The Labute approximate surface area is 132 Å². The first-order chi connectivity index (χ1) is 10.6. The Kier molecular flexibility index (Phi) is 5.91. The summed E-state index contributed by atoms with van der Waals surface area (Å²) in [6.45, 7) is 7.65. The molecule has 2 rings (SSSR count). The van der Waals surface area contributed by atoms with Gasteiger partial charge in [-0.25, -0.2) is 9.67 Å². The largest absolute Gasteiger partial charge is 0.302 e. The van der Waals surface area contributed by atoms with E-state index in [9.17, 15) is 5.26 Å². The number of nitriles is 2. The Balaban J connectivity index is 1.87. The summed E-state index contributed by atoms with van der Waals surface area (Å²) < 4.78 is 2.00. The Morgan fingerprint density at radius 1 is 1.36 bits per heavy atom. The van der Waals surface area contributed by atoms with E-state index in [1.807, 2.05) is 18.5 Å². The van der Waals surface area contributed by atoms with Crippen molar-refractivity contribution in [3.8, 4) is 12.1 Å². The fourth-order valence-corrected chi connectivity index (χ4v) is 3.19. The molecule has 0 N–H and O–H groups in total. The van der Waals surface area contributed by atoms with Gasteiger partial charge in [-0.3, -0.25) is 0 Å². The van der Waals surface area contributed by atoms with Gasteiger partial charge in [0, 0.05) is 26.1 Å². The van der Waals surface area contributed by atoms with Crippen LogP contribution < -0.4 is 0 Å². The lowest BCUT2D eigenvalue weighted by Gasteiger charge is -2.33. The molecule has 22 heavy (non-hydrogen) atoms. The average molecular weight is 300 g/mol. The fraction of sp³-hybridized carbons (Fsp3) is 0.750. The van der Waals surface area contributed by atoms with Crippen LogP contribution in [0.5, 0.6) is 0 Å². The third kappa shape index (κ3) is 4.54. The Bertz CT molecular complexity index is 564. The zero-order valence-corrected chi connectivity index (χ0v) is 13.5. The number of piperidine rings is 1. The quantitative estimate of drug-likeness (QED) is 0.803. The zero-order chi connectivity index (χ0) is 15.9. The van der Waals surface area contributed by atoms with Gasteiger partial charge >= 0.3 is 0 Å². The van der Waals surface area contributed by atoms with Crippen LogP contribution >= 0.6 is 0 Å². The van der Waals surface area contributed by atoms with E-state index in [0.29, 0.717) is 18.8 Å². The van der Waals surface area contributed by atoms with E-state index >= 15 is 0 Å². The lowest BCUT2D eigenvalue weighted by atomic mass is 9.96. The average Bonchev–Trinajstić information content (AvgIpc) is 2.81. The van der Waals surface area contributed by atoms with Crippen molar-refractivity contribution in [2.75, 3.05) is 19.6 Å². The number of likely N-dealkylation sites (tertiary alicyclic amines) is 1. The van der Waals surface area contributed by atoms with Crippen LogP contribution in [0.15, 0.2) is 0 Å². The molecule has 1 aliphatic rings. The molecular weight excluding hydrogens is 276 g/mol. The maximum atomic E-state index is 9.22. The number of rotatable bonds is 6. The molecule has 1 saturated heterocycles. The van der Waals surface area contributed by atoms with E-state index in [1.54, 1.807) is 0 Å². The highest BCUT2D eigenvalue weighted by Crippen LogP contribution is 2.20. The highest BCUT2D eigenvalue weighted by atomic mass is 15.3. The summed E-state index contributed by atoms with van der Waals surface area (Å²) in [6, 6.07) is 4.47. The van der Waals surface area contributed by atoms with Crippen LogP contribution in [0, 0.1) is 48.3 Å². The summed E-state index contributed by atoms with van der Waals surface area (Å²) in [5, 5.41) is 22.3. The molecule has 0 radical (unpaired) electrons. The second-order valence-electron chi connectivity index (χ2n) is 6.18. The highest BCUT2D eigenvalue weighted by Gasteiger charge is 2.23. The number of nitrogens with zero attached hydrogens (tertiary/aromatic N) is 6. The van der Waals surface area contributed by atoms with Gasteiger partial charge in [-0.1, -0.05) is 0 Å². The van der Waals surface area contributed by atoms with Crippen LogP contribution in [0.4, 0.5) is 0 Å². The summed E-state index contributed by atoms with van der Waals surface area (Å²) in [5.41, 5.74) is 0. The van der Waals surface area contributed by atoms with Crippen molar-refractivity contribution in [1.82, 2.24) is 19.7 Å². The lowest BCUT2D eigenvalue weighted by Crippen LogP contribution is -2.39. The molecule has 2 heterocycles. The molecule has 0 aliphatic carbocycles. The smallest absolute Gasteiger partial charge is 0.147 e. The number of hydrogen-bond acceptors (Lipinski definition) is 5. The van der Waals surface area contributed by atoms with E-state index in [1.165, 1.54) is 6.42 Å². The van der Waals surface area contributed by atoms with Crippen molar-refractivity contribution in [1.29, 1.82) is 10.5 Å². The third-order valence-electron chi connectivity index (χ3n) is 4.26. The van der Waals surface area contributed by atoms with Crippen LogP contribution in [-0.4, -0.2) is 39.3 Å². The van der Waals surface area contributed by atoms with Crippen molar-refractivity contribution in [2.45, 2.75) is 46.1 Å². The molecule has 0 aromatic carbocycles. The van der Waals surface area contributed by atoms with Crippen LogP contribution in [0.1, 0.15) is 37.3 Å². The normalized spacial score (nSPS) is 20.3. The van der Waals surface area contributed by atoms with Gasteiger partial charge in [0.25, 0.3) is 0 Å². The SMILES string of the molecule is Cc1nc(C)n(C[C@@H]2CCCN(C[C@@H](C#N)CCC#N)C2)n1. The van der Waals surface area contributed by atoms with Crippen LogP contribution in [0.3, 0.4) is 0 Å². The molecule has 1 fully saturated rings. The molecule has 0 bridgehead atoms. The van der Waals surface area contributed by atoms with E-state index in [4.69, 9.17) is 5.26 Å². The minimum absolute atomic E-state index is 0.0336. The maximum Gasteiger partial charge on any atom is 0.147 e. The molecule has 1 aromatic heterocycles. The van der Waals surface area contributed by atoms with Crippen LogP contribution in [0.25, 0.3) is 0 Å². The topological polar surface area (TPSA) is 81.5 Å². The van der Waals surface area contributed by atoms with Gasteiger partial charge in [-0.05, 0) is 45.6 Å². The van der Waals surface area contributed by atoms with Crippen molar-refractivity contribution in [3.05, 3.63) is 11.6 Å². The van der Waals surface area contributed by atoms with E-state index in [-0.39, 0.29) is 5.92 Å². The molecule has 1 aliphatic heterocycles. The minimum atomic E-state index is -0.0336. The predicted octanol–water partition coefficient (Wildman–Crippen LogP) is 2.05. The van der Waals surface area contributed by atoms with Crippen molar-refractivity contribution < 1.29 is 0 Å². The molecule has 118 valence electrons. The minimum Gasteiger partial charge on any atom is -0.302 e. The van der Waals surface area contributed by atoms with Gasteiger partial charge < -0.3 is 4.90 Å². The molecule has 0 amide bonds. The van der Waals surface area contributed by atoms with Crippen molar-refractivity contribution in [3.63, 3.8) is 0 Å². The second-order valence-corrected chi connectivity index (χ2v) is 6.18. The summed E-state index contributed by atoms with van der Waals surface area (Å²) in [6.07, 6.45) is 3.50. The summed E-state index contributed by atoms with van der Waals surface area (Å²) in [7, 11) is 0. The molecule has 6 nitrogen and oxygen atoms in total. The van der Waals surface area contributed by atoms with Crippen LogP contribution in [-0.2, 0) is 6.54 Å². The fourth-order valence-electron chi connectivity index (χ4n) is 3.19. The van der Waals surface area contributed by atoms with E-state index < -0.39 is 0 Å². The molecule has 0 unspecified atom stereocenters. The number of aromatic nitrogens is 3. The van der Waals surface area contributed by atoms with Gasteiger partial charge in [0.2, 0.25) is 0 Å². The Hall–Kier alpha value is -1.92. The van der Waals surface area contributed by atoms with E-state index in [0.717, 1.165) is 44.2 Å². The Morgan fingerprint density at radius 3 is 2.82 bits per heavy atom. The molecule has 2 atom stereocenters. The number of hydrogen-bond donors (Lipinski definition) is 0. The molecular formula is C16H24N6. The zero-order valence-electron chi connectivity index (χ0n) is 13.5. The van der Waals surface area contributed by atoms with Gasteiger partial charge in [0.15, 0.2) is 0 Å². The first-order valence-corrected chi connectivity index (χ1v) is 7.99. The molecule has 0 saturated carbocycles. The predicted molar refractivity (Wildman–Crippen MR) is 82.6 cm³/mol. The summed E-state index contributed by atoms with van der Waals surface area (Å²) in [4.78, 5) is 6.73. The first-order valence-electron chi connectivity index (χ1n) is 7.99. The second kappa shape index (κ2) is 7.91. The van der Waals surface area contributed by atoms with Crippen LogP contribution in [0.2, 0.25) is 0 Å². The first kappa shape index (κ1) is 16.5. The van der Waals surface area contributed by atoms with Gasteiger partial charge in [0.1, 0.15) is 11.6 Å². The summed E-state index contributed by atoms with van der Waals surface area (Å²) in [5.74, 6) is 2.32. The lowest BCUT2D eigenvalue weighted by molar-refractivity contribution is 0.146. The van der Waals surface area contributed by atoms with Crippen molar-refractivity contribution >= 4 is 0 Å². The molecule has 1 aromatic rings. The monoisotopic (exact) mass is 300 g/mol. The number of aryl methyl sites for hydroxylation is 2. The highest BCUT2D eigenvalue weighted by molar-refractivity contribution is 4.91. The molecule has 6 heteroatoms. The van der Waals surface area contributed by atoms with Gasteiger partial charge in [-0.15, -0.1) is 0 Å². The maximum absolute atomic E-state index is 9.22. The van der Waals surface area contributed by atoms with Gasteiger partial charge in [0.05, 0.1) is 18.1 Å². The third-order valence-corrected chi connectivity index (χ3v) is 4.26. The van der Waals surface area contributed by atoms with Gasteiger partial charge in [-0.2, -0.15) is 15.6 Å². The Morgan fingerprint density at radius 2 is 2.18 bits per heavy atom. The van der Waals surface area contributed by atoms with E-state index in [2.05, 4.69) is 27.1 Å².